The molecule has 0 saturated heterocycles. The van der Waals surface area contributed by atoms with Crippen LogP contribution in [0, 0.1) is 0 Å². The molecule has 0 atom stereocenters. The van der Waals surface area contributed by atoms with Crippen molar-refractivity contribution in [2.24, 2.45) is 0 Å². The molecule has 19 heavy (non-hydrogen) atoms. The fraction of sp³-hybridized carbons (Fsp3) is 0.533. The fourth-order valence-corrected chi connectivity index (χ4v) is 1.80. The summed E-state index contributed by atoms with van der Waals surface area (Å²) in [6.07, 6.45) is 0. The van der Waals surface area contributed by atoms with E-state index in [9.17, 15) is 4.79 Å². The summed E-state index contributed by atoms with van der Waals surface area (Å²) in [5.74, 6) is 0.649. The van der Waals surface area contributed by atoms with Gasteiger partial charge in [0.25, 0.3) is 0 Å². The largest absolute Gasteiger partial charge is 0.497 e. The molecule has 1 aromatic carbocycles. The molecule has 0 N–H and O–H groups in total. The summed E-state index contributed by atoms with van der Waals surface area (Å²) >= 11 is 0. The Morgan fingerprint density at radius 1 is 1.37 bits per heavy atom. The number of hydrogen-bond donors (Lipinski definition) is 0. The van der Waals surface area contributed by atoms with E-state index in [-0.39, 0.29) is 12.0 Å². The second-order valence-corrected chi connectivity index (χ2v) is 4.66. The Morgan fingerprint density at radius 3 is 2.68 bits per heavy atom. The van der Waals surface area contributed by atoms with Gasteiger partial charge >= 0.3 is 5.97 Å². The van der Waals surface area contributed by atoms with Gasteiger partial charge in [-0.25, -0.2) is 0 Å². The van der Waals surface area contributed by atoms with Crippen LogP contribution in [0.4, 0.5) is 0 Å². The monoisotopic (exact) mass is 265 g/mol. The summed E-state index contributed by atoms with van der Waals surface area (Å²) in [5, 5.41) is 0. The van der Waals surface area contributed by atoms with E-state index in [4.69, 9.17) is 9.47 Å². The van der Waals surface area contributed by atoms with Gasteiger partial charge in [0.05, 0.1) is 20.3 Å². The molecule has 0 bridgehead atoms. The van der Waals surface area contributed by atoms with Crippen LogP contribution in [-0.2, 0) is 16.1 Å². The van der Waals surface area contributed by atoms with E-state index in [1.807, 2.05) is 31.2 Å². The van der Waals surface area contributed by atoms with Gasteiger partial charge < -0.3 is 9.47 Å². The van der Waals surface area contributed by atoms with Crippen LogP contribution in [0.5, 0.6) is 5.75 Å². The Kier molecular flexibility index (Phi) is 6.36. The normalized spacial score (nSPS) is 10.8. The third-order valence-corrected chi connectivity index (χ3v) is 2.89. The van der Waals surface area contributed by atoms with E-state index in [0.29, 0.717) is 19.7 Å². The van der Waals surface area contributed by atoms with Gasteiger partial charge in [-0.05, 0) is 38.5 Å². The molecule has 0 unspecified atom stereocenters. The second kappa shape index (κ2) is 7.79. The highest BCUT2D eigenvalue weighted by Gasteiger charge is 2.15. The summed E-state index contributed by atoms with van der Waals surface area (Å²) < 4.78 is 10.2. The zero-order chi connectivity index (χ0) is 14.3. The lowest BCUT2D eigenvalue weighted by Gasteiger charge is -2.25. The first kappa shape index (κ1) is 15.5. The van der Waals surface area contributed by atoms with Crippen LogP contribution in [0.15, 0.2) is 24.3 Å². The summed E-state index contributed by atoms with van der Waals surface area (Å²) in [6.45, 7) is 7.39. The molecule has 4 heteroatoms. The first-order valence-electron chi connectivity index (χ1n) is 6.59. The lowest BCUT2D eigenvalue weighted by atomic mass is 10.2. The van der Waals surface area contributed by atoms with Crippen molar-refractivity contribution in [1.82, 2.24) is 4.90 Å². The number of benzene rings is 1. The molecular formula is C15H23NO3. The molecule has 0 saturated carbocycles. The molecule has 0 aliphatic carbocycles. The zero-order valence-electron chi connectivity index (χ0n) is 12.2. The maximum atomic E-state index is 11.6. The summed E-state index contributed by atoms with van der Waals surface area (Å²) in [5.41, 5.74) is 1.12. The summed E-state index contributed by atoms with van der Waals surface area (Å²) in [7, 11) is 1.65. The zero-order valence-corrected chi connectivity index (χ0v) is 12.2. The third-order valence-electron chi connectivity index (χ3n) is 2.89. The van der Waals surface area contributed by atoms with Crippen molar-refractivity contribution in [2.45, 2.75) is 33.4 Å². The van der Waals surface area contributed by atoms with E-state index < -0.39 is 0 Å². The Balaban J connectivity index is 2.69. The minimum Gasteiger partial charge on any atom is -0.497 e. The Hall–Kier alpha value is -1.55. The third kappa shape index (κ3) is 5.30. The molecule has 0 spiro atoms. The van der Waals surface area contributed by atoms with E-state index in [2.05, 4.69) is 18.7 Å². The first-order chi connectivity index (χ1) is 9.06. The molecule has 0 amide bonds. The number of rotatable bonds is 7. The lowest BCUT2D eigenvalue weighted by molar-refractivity contribution is -0.145. The van der Waals surface area contributed by atoms with Crippen LogP contribution in [0.1, 0.15) is 26.3 Å². The van der Waals surface area contributed by atoms with Crippen LogP contribution in [0.2, 0.25) is 0 Å². The van der Waals surface area contributed by atoms with Gasteiger partial charge in [0.2, 0.25) is 0 Å². The molecule has 0 heterocycles. The number of methoxy groups -OCH3 is 1. The van der Waals surface area contributed by atoms with Gasteiger partial charge in [0.15, 0.2) is 0 Å². The van der Waals surface area contributed by atoms with Crippen LogP contribution in [-0.4, -0.2) is 37.2 Å². The van der Waals surface area contributed by atoms with Crippen molar-refractivity contribution in [3.05, 3.63) is 29.8 Å². The minimum absolute atomic E-state index is 0.181. The van der Waals surface area contributed by atoms with Crippen molar-refractivity contribution in [3.63, 3.8) is 0 Å². The topological polar surface area (TPSA) is 38.8 Å². The molecule has 0 aromatic heterocycles. The molecule has 0 aliphatic heterocycles. The SMILES string of the molecule is CCOC(=O)CN(Cc1cccc(OC)c1)C(C)C. The maximum absolute atomic E-state index is 11.6. The Morgan fingerprint density at radius 2 is 2.11 bits per heavy atom. The van der Waals surface area contributed by atoms with Crippen molar-refractivity contribution in [2.75, 3.05) is 20.3 Å². The van der Waals surface area contributed by atoms with Gasteiger partial charge in [-0.2, -0.15) is 0 Å². The fourth-order valence-electron chi connectivity index (χ4n) is 1.80. The average molecular weight is 265 g/mol. The number of esters is 1. The first-order valence-corrected chi connectivity index (χ1v) is 6.59. The summed E-state index contributed by atoms with van der Waals surface area (Å²) in [6, 6.07) is 8.16. The standard InChI is InChI=1S/C15H23NO3/c1-5-19-15(17)11-16(12(2)3)10-13-7-6-8-14(9-13)18-4/h6-9,12H,5,10-11H2,1-4H3. The van der Waals surface area contributed by atoms with Crippen molar-refractivity contribution in [1.29, 1.82) is 0 Å². The molecule has 1 aromatic rings. The van der Waals surface area contributed by atoms with Gasteiger partial charge in [-0.3, -0.25) is 9.69 Å². The number of hydrogen-bond acceptors (Lipinski definition) is 4. The molecular weight excluding hydrogens is 242 g/mol. The van der Waals surface area contributed by atoms with Crippen LogP contribution in [0.3, 0.4) is 0 Å². The molecule has 106 valence electrons. The van der Waals surface area contributed by atoms with Gasteiger partial charge in [-0.15, -0.1) is 0 Å². The highest BCUT2D eigenvalue weighted by atomic mass is 16.5. The smallest absolute Gasteiger partial charge is 0.320 e. The number of carbonyl (C=O) groups is 1. The molecule has 0 fully saturated rings. The van der Waals surface area contributed by atoms with Gasteiger partial charge in [0.1, 0.15) is 5.75 Å². The number of nitrogens with zero attached hydrogens (tertiary/aromatic N) is 1. The predicted octanol–water partition coefficient (Wildman–Crippen LogP) is 2.47. The van der Waals surface area contributed by atoms with E-state index in [0.717, 1.165) is 11.3 Å². The molecule has 4 nitrogen and oxygen atoms in total. The highest BCUT2D eigenvalue weighted by Crippen LogP contribution is 2.15. The number of carbonyl (C=O) groups excluding carboxylic acids is 1. The highest BCUT2D eigenvalue weighted by molar-refractivity contribution is 5.71. The number of ether oxygens (including phenoxy) is 2. The van der Waals surface area contributed by atoms with Gasteiger partial charge in [-0.1, -0.05) is 12.1 Å². The summed E-state index contributed by atoms with van der Waals surface area (Å²) in [4.78, 5) is 13.7. The molecule has 0 aliphatic rings. The van der Waals surface area contributed by atoms with E-state index >= 15 is 0 Å². The molecule has 1 rings (SSSR count). The van der Waals surface area contributed by atoms with Crippen LogP contribution >= 0.6 is 0 Å². The van der Waals surface area contributed by atoms with Crippen LogP contribution < -0.4 is 4.74 Å². The quantitative estimate of drug-likeness (QED) is 0.710. The maximum Gasteiger partial charge on any atom is 0.320 e. The van der Waals surface area contributed by atoms with Crippen molar-refractivity contribution in [3.8, 4) is 5.75 Å². The van der Waals surface area contributed by atoms with Crippen LogP contribution in [0.25, 0.3) is 0 Å². The second-order valence-electron chi connectivity index (χ2n) is 4.66. The Bertz CT molecular complexity index is 404. The van der Waals surface area contributed by atoms with Crippen molar-refractivity contribution < 1.29 is 14.3 Å². The molecule has 0 radical (unpaired) electrons. The lowest BCUT2D eigenvalue weighted by Crippen LogP contribution is -2.36. The minimum atomic E-state index is -0.181. The Labute approximate surface area is 115 Å². The van der Waals surface area contributed by atoms with Gasteiger partial charge in [0, 0.05) is 12.6 Å². The average Bonchev–Trinajstić information content (AvgIpc) is 2.38. The van der Waals surface area contributed by atoms with Crippen molar-refractivity contribution >= 4 is 5.97 Å². The predicted molar refractivity (Wildman–Crippen MR) is 75.2 cm³/mol. The van der Waals surface area contributed by atoms with E-state index in [1.165, 1.54) is 0 Å². The van der Waals surface area contributed by atoms with E-state index in [1.54, 1.807) is 7.11 Å².